The minimum absolute atomic E-state index is 0.0774. The Labute approximate surface area is 326 Å². The maximum absolute atomic E-state index is 11.9. The molecule has 20 nitrogen and oxygen atoms in total. The molecule has 20 heteroatoms. The van der Waals surface area contributed by atoms with Crippen molar-refractivity contribution in [3.05, 3.63) is 12.2 Å². The normalized spacial score (nSPS) is 30.0. The van der Waals surface area contributed by atoms with Gasteiger partial charge < -0.3 is 78.8 Å². The SMILES string of the molecule is CC(=O)N1CC[C@@H]2O[C@H](COCCOCCOCCNC(=O)/C=C\C(=O)NCCOCCOCCOC[C@H]3O[C@H]4CCN(C(C)=O)[C@H]4[C@@H](O)[C@H]3O)[C@H](O)[C@H](O)[C@@H]21. The molecule has 0 bridgehead atoms. The lowest BCUT2D eigenvalue weighted by Gasteiger charge is -2.42. The van der Waals surface area contributed by atoms with Crippen molar-refractivity contribution in [3.8, 4) is 0 Å². The van der Waals surface area contributed by atoms with Crippen LogP contribution in [0.2, 0.25) is 0 Å². The van der Waals surface area contributed by atoms with Crippen molar-refractivity contribution in [1.82, 2.24) is 20.4 Å². The maximum atomic E-state index is 11.9. The highest BCUT2D eigenvalue weighted by atomic mass is 16.6. The van der Waals surface area contributed by atoms with Gasteiger partial charge in [0.25, 0.3) is 0 Å². The number of aliphatic hydroxyl groups is 4. The van der Waals surface area contributed by atoms with Crippen molar-refractivity contribution in [2.45, 2.75) is 87.6 Å². The quantitative estimate of drug-likeness (QED) is 0.0403. The molecule has 0 aromatic heterocycles. The lowest BCUT2D eigenvalue weighted by atomic mass is 9.93. The van der Waals surface area contributed by atoms with Crippen LogP contribution >= 0.6 is 0 Å². The van der Waals surface area contributed by atoms with E-state index in [1.807, 2.05) is 0 Å². The molecule has 56 heavy (non-hydrogen) atoms. The predicted octanol–water partition coefficient (Wildman–Crippen LogP) is -3.91. The van der Waals surface area contributed by atoms with Crippen molar-refractivity contribution < 1.29 is 77.5 Å². The third kappa shape index (κ3) is 13.9. The smallest absolute Gasteiger partial charge is 0.244 e. The number of amides is 4. The van der Waals surface area contributed by atoms with Crippen molar-refractivity contribution >= 4 is 23.6 Å². The first-order chi connectivity index (χ1) is 27.0. The second kappa shape index (κ2) is 24.2. The van der Waals surface area contributed by atoms with E-state index >= 15 is 0 Å². The van der Waals surface area contributed by atoms with Crippen LogP contribution < -0.4 is 10.6 Å². The first-order valence-electron chi connectivity index (χ1n) is 19.3. The zero-order valence-corrected chi connectivity index (χ0v) is 32.2. The zero-order chi connectivity index (χ0) is 40.5. The van der Waals surface area contributed by atoms with Gasteiger partial charge in [0.05, 0.1) is 104 Å². The Balaban J connectivity index is 0.881. The monoisotopic (exact) mass is 804 g/mol. The molecule has 0 aromatic rings. The third-order valence-electron chi connectivity index (χ3n) is 9.99. The van der Waals surface area contributed by atoms with E-state index in [1.165, 1.54) is 23.6 Å². The van der Waals surface area contributed by atoms with E-state index in [1.54, 1.807) is 0 Å². The van der Waals surface area contributed by atoms with E-state index in [0.29, 0.717) is 52.4 Å². The summed E-state index contributed by atoms with van der Waals surface area (Å²) in [5.41, 5.74) is 0. The van der Waals surface area contributed by atoms with E-state index in [9.17, 15) is 39.6 Å². The summed E-state index contributed by atoms with van der Waals surface area (Å²) in [4.78, 5) is 50.5. The number of nitrogens with zero attached hydrogens (tertiary/aromatic N) is 2. The fraction of sp³-hybridized carbons (Fsp3) is 0.833. The number of fused-ring (bicyclic) bond motifs is 2. The number of rotatable bonds is 24. The van der Waals surface area contributed by atoms with Gasteiger partial charge in [-0.15, -0.1) is 0 Å². The van der Waals surface area contributed by atoms with Gasteiger partial charge >= 0.3 is 0 Å². The van der Waals surface area contributed by atoms with Crippen LogP contribution in [0.5, 0.6) is 0 Å². The van der Waals surface area contributed by atoms with Crippen molar-refractivity contribution in [2.24, 2.45) is 0 Å². The van der Waals surface area contributed by atoms with Gasteiger partial charge in [0, 0.05) is 52.2 Å². The molecule has 4 rings (SSSR count). The lowest BCUT2D eigenvalue weighted by molar-refractivity contribution is -0.203. The molecule has 4 aliphatic heterocycles. The van der Waals surface area contributed by atoms with Crippen LogP contribution in [0.3, 0.4) is 0 Å². The summed E-state index contributed by atoms with van der Waals surface area (Å²) >= 11 is 0. The van der Waals surface area contributed by atoms with Gasteiger partial charge in [-0.3, -0.25) is 19.2 Å². The van der Waals surface area contributed by atoms with Crippen LogP contribution in [0, 0.1) is 0 Å². The Morgan fingerprint density at radius 1 is 0.554 bits per heavy atom. The van der Waals surface area contributed by atoms with Gasteiger partial charge in [-0.05, 0) is 12.8 Å². The lowest BCUT2D eigenvalue weighted by Crippen LogP contribution is -2.61. The highest BCUT2D eigenvalue weighted by molar-refractivity contribution is 5.96. The Kier molecular flexibility index (Phi) is 19.8. The fourth-order valence-corrected chi connectivity index (χ4v) is 7.18. The molecule has 4 fully saturated rings. The van der Waals surface area contributed by atoms with Gasteiger partial charge in [0.1, 0.15) is 36.6 Å². The molecular formula is C36H60N4O16. The van der Waals surface area contributed by atoms with E-state index in [2.05, 4.69) is 10.6 Å². The average Bonchev–Trinajstić information content (AvgIpc) is 3.81. The summed E-state index contributed by atoms with van der Waals surface area (Å²) in [6.45, 7) is 7.20. The molecule has 10 atom stereocenters. The van der Waals surface area contributed by atoms with Crippen LogP contribution in [0.4, 0.5) is 0 Å². The van der Waals surface area contributed by atoms with Gasteiger partial charge in [0.2, 0.25) is 23.6 Å². The molecule has 320 valence electrons. The molecule has 0 saturated carbocycles. The Bertz CT molecular complexity index is 1170. The summed E-state index contributed by atoms with van der Waals surface area (Å²) in [6.07, 6.45) is -3.20. The number of nitrogens with one attached hydrogen (secondary N) is 2. The zero-order valence-electron chi connectivity index (χ0n) is 32.2. The molecule has 0 spiro atoms. The summed E-state index contributed by atoms with van der Waals surface area (Å²) in [5.74, 6) is -1.22. The van der Waals surface area contributed by atoms with E-state index in [0.717, 1.165) is 12.2 Å². The van der Waals surface area contributed by atoms with E-state index in [-0.39, 0.29) is 90.0 Å². The van der Waals surface area contributed by atoms with Crippen molar-refractivity contribution in [3.63, 3.8) is 0 Å². The third-order valence-corrected chi connectivity index (χ3v) is 9.99. The standard InChI is InChI=1S/C36H60N4O16/c1-23(41)39-9-5-25-31(39)35(47)33(45)27(55-25)21-53-19-17-51-15-13-49-11-7-37-29(43)3-4-30(44)38-8-12-50-14-16-52-18-20-54-22-28-34(46)36(48)32-26(56-28)6-10-40(32)24(2)42/h3-4,25-28,31-36,45-48H,5-22H2,1-2H3,(H,37,43)(H,38,44)/b4-3-/t25-,26-,27+,28+,31+,32+,33-,34-,35+,36+/m0/s1. The molecule has 4 heterocycles. The second-order valence-electron chi connectivity index (χ2n) is 13.9. The van der Waals surface area contributed by atoms with E-state index in [4.69, 9.17) is 37.9 Å². The second-order valence-corrected chi connectivity index (χ2v) is 13.9. The molecule has 0 aromatic carbocycles. The average molecular weight is 805 g/mol. The number of likely N-dealkylation sites (tertiary alicyclic amines) is 2. The van der Waals surface area contributed by atoms with Crippen LogP contribution in [-0.4, -0.2) is 220 Å². The summed E-state index contributed by atoms with van der Waals surface area (Å²) in [5, 5.41) is 47.1. The molecule has 0 radical (unpaired) electrons. The van der Waals surface area contributed by atoms with Crippen LogP contribution in [0.1, 0.15) is 26.7 Å². The number of carbonyl (C=O) groups is 4. The van der Waals surface area contributed by atoms with Gasteiger partial charge in [-0.25, -0.2) is 0 Å². The minimum Gasteiger partial charge on any atom is -0.388 e. The minimum atomic E-state index is -1.17. The van der Waals surface area contributed by atoms with Crippen LogP contribution in [0.15, 0.2) is 12.2 Å². The molecule has 0 aliphatic carbocycles. The summed E-state index contributed by atoms with van der Waals surface area (Å²) in [7, 11) is 0. The van der Waals surface area contributed by atoms with Gasteiger partial charge in [-0.1, -0.05) is 0 Å². The largest absolute Gasteiger partial charge is 0.388 e. The highest BCUT2D eigenvalue weighted by Gasteiger charge is 2.52. The Hall–Kier alpha value is -2.86. The fourth-order valence-electron chi connectivity index (χ4n) is 7.18. The first-order valence-corrected chi connectivity index (χ1v) is 19.3. The number of hydrogen-bond acceptors (Lipinski definition) is 16. The topological polar surface area (TPSA) is 254 Å². The molecule has 4 aliphatic rings. The van der Waals surface area contributed by atoms with Crippen LogP contribution in [-0.2, 0) is 57.1 Å². The highest BCUT2D eigenvalue weighted by Crippen LogP contribution is 2.33. The summed E-state index contributed by atoms with van der Waals surface area (Å²) < 4.78 is 44.7. The molecule has 4 saturated heterocycles. The molecule has 4 amide bonds. The Morgan fingerprint density at radius 3 is 1.25 bits per heavy atom. The number of hydrogen-bond donors (Lipinski definition) is 6. The van der Waals surface area contributed by atoms with Crippen LogP contribution in [0.25, 0.3) is 0 Å². The van der Waals surface area contributed by atoms with E-state index < -0.39 is 60.5 Å². The van der Waals surface area contributed by atoms with Gasteiger partial charge in [-0.2, -0.15) is 0 Å². The first kappa shape index (κ1) is 45.8. The number of ether oxygens (including phenoxy) is 8. The molecule has 0 unspecified atom stereocenters. The maximum Gasteiger partial charge on any atom is 0.244 e. The summed E-state index contributed by atoms with van der Waals surface area (Å²) in [6, 6.07) is -1.10. The number of aliphatic hydroxyl groups excluding tert-OH is 4. The Morgan fingerprint density at radius 2 is 0.893 bits per heavy atom. The molecule has 6 N–H and O–H groups in total. The predicted molar refractivity (Wildman–Crippen MR) is 193 cm³/mol. The van der Waals surface area contributed by atoms with Crippen molar-refractivity contribution in [2.75, 3.05) is 105 Å². The van der Waals surface area contributed by atoms with Crippen molar-refractivity contribution in [1.29, 1.82) is 0 Å². The van der Waals surface area contributed by atoms with Gasteiger partial charge in [0.15, 0.2) is 0 Å². The number of carbonyl (C=O) groups excluding carboxylic acids is 4. The molecular weight excluding hydrogens is 744 g/mol.